The molecule has 0 radical (unpaired) electrons. The van der Waals surface area contributed by atoms with Crippen molar-refractivity contribution in [1.29, 1.82) is 0 Å². The van der Waals surface area contributed by atoms with Gasteiger partial charge in [0.1, 0.15) is 6.10 Å². The van der Waals surface area contributed by atoms with Crippen LogP contribution in [0.25, 0.3) is 0 Å². The van der Waals surface area contributed by atoms with Crippen LogP contribution in [0.5, 0.6) is 11.5 Å². The van der Waals surface area contributed by atoms with Crippen molar-refractivity contribution in [1.82, 2.24) is 4.90 Å². The number of hydrogen-bond donors (Lipinski definition) is 1. The van der Waals surface area contributed by atoms with Crippen molar-refractivity contribution in [3.8, 4) is 11.5 Å². The Morgan fingerprint density at radius 2 is 2.10 bits per heavy atom. The van der Waals surface area contributed by atoms with E-state index in [0.29, 0.717) is 0 Å². The second-order valence-corrected chi connectivity index (χ2v) is 6.60. The molecule has 1 saturated carbocycles. The largest absolute Gasteiger partial charge is 0.493 e. The molecule has 1 heterocycles. The zero-order chi connectivity index (χ0) is 15.0. The van der Waals surface area contributed by atoms with Crippen molar-refractivity contribution < 1.29 is 9.47 Å². The van der Waals surface area contributed by atoms with Crippen LogP contribution in [0.1, 0.15) is 31.7 Å². The topological polar surface area (TPSA) is 47.7 Å². The fourth-order valence-corrected chi connectivity index (χ4v) is 3.39. The summed E-state index contributed by atoms with van der Waals surface area (Å²) in [5, 5.41) is 0. The summed E-state index contributed by atoms with van der Waals surface area (Å²) in [6.07, 6.45) is 3.66. The Hall–Kier alpha value is -1.26. The van der Waals surface area contributed by atoms with E-state index in [2.05, 4.69) is 31.0 Å². The van der Waals surface area contributed by atoms with E-state index < -0.39 is 0 Å². The zero-order valence-electron chi connectivity index (χ0n) is 13.3. The number of nitrogens with zero attached hydrogens (tertiary/aromatic N) is 1. The number of hydrogen-bond acceptors (Lipinski definition) is 4. The lowest BCUT2D eigenvalue weighted by Gasteiger charge is -2.23. The molecule has 2 fully saturated rings. The number of rotatable bonds is 5. The third kappa shape index (κ3) is 2.74. The highest BCUT2D eigenvalue weighted by Crippen LogP contribution is 2.51. The van der Waals surface area contributed by atoms with Crippen molar-refractivity contribution in [2.45, 2.75) is 43.7 Å². The van der Waals surface area contributed by atoms with Gasteiger partial charge < -0.3 is 20.1 Å². The van der Waals surface area contributed by atoms with Gasteiger partial charge in [0, 0.05) is 24.5 Å². The van der Waals surface area contributed by atoms with Crippen LogP contribution < -0.4 is 15.2 Å². The van der Waals surface area contributed by atoms with Gasteiger partial charge >= 0.3 is 0 Å². The molecule has 116 valence electrons. The van der Waals surface area contributed by atoms with Crippen molar-refractivity contribution >= 4 is 0 Å². The Labute approximate surface area is 127 Å². The number of nitrogens with two attached hydrogens (primary N) is 1. The van der Waals surface area contributed by atoms with Gasteiger partial charge in [-0.2, -0.15) is 0 Å². The van der Waals surface area contributed by atoms with E-state index in [1.165, 1.54) is 18.4 Å². The molecular formula is C17H26N2O2. The lowest BCUT2D eigenvalue weighted by Crippen LogP contribution is -2.31. The van der Waals surface area contributed by atoms with E-state index in [-0.39, 0.29) is 17.6 Å². The van der Waals surface area contributed by atoms with Crippen molar-refractivity contribution in [2.75, 3.05) is 27.2 Å². The van der Waals surface area contributed by atoms with Crippen molar-refractivity contribution in [3.05, 3.63) is 23.8 Å². The average molecular weight is 290 g/mol. The van der Waals surface area contributed by atoms with E-state index in [1.54, 1.807) is 7.11 Å². The molecule has 4 heteroatoms. The SMILES string of the molecule is COc1ccc(C2(C(C)N)CC2)cc1OC1CCN(C)C1. The molecule has 0 spiro atoms. The van der Waals surface area contributed by atoms with E-state index in [0.717, 1.165) is 31.0 Å². The van der Waals surface area contributed by atoms with Gasteiger partial charge in [-0.15, -0.1) is 0 Å². The second kappa shape index (κ2) is 5.50. The predicted molar refractivity (Wildman–Crippen MR) is 84.1 cm³/mol. The number of likely N-dealkylation sites (tertiary alicyclic amines) is 1. The third-order valence-corrected chi connectivity index (χ3v) is 5.04. The number of methoxy groups -OCH3 is 1. The molecule has 1 aromatic carbocycles. The van der Waals surface area contributed by atoms with Crippen LogP contribution in [0.15, 0.2) is 18.2 Å². The summed E-state index contributed by atoms with van der Waals surface area (Å²) in [4.78, 5) is 2.30. The first-order chi connectivity index (χ1) is 10.0. The number of ether oxygens (including phenoxy) is 2. The predicted octanol–water partition coefficient (Wildman–Crippen LogP) is 2.16. The normalized spacial score (nSPS) is 25.6. The molecule has 1 saturated heterocycles. The molecule has 1 aliphatic heterocycles. The first kappa shape index (κ1) is 14.7. The summed E-state index contributed by atoms with van der Waals surface area (Å²) < 4.78 is 11.7. The summed E-state index contributed by atoms with van der Waals surface area (Å²) >= 11 is 0. The Kier molecular flexibility index (Phi) is 3.84. The van der Waals surface area contributed by atoms with Crippen LogP contribution in [0.3, 0.4) is 0 Å². The van der Waals surface area contributed by atoms with Gasteiger partial charge in [0.15, 0.2) is 11.5 Å². The average Bonchev–Trinajstić information content (AvgIpc) is 3.18. The molecule has 3 rings (SSSR count). The smallest absolute Gasteiger partial charge is 0.161 e. The molecule has 1 aliphatic carbocycles. The highest BCUT2D eigenvalue weighted by atomic mass is 16.5. The fourth-order valence-electron chi connectivity index (χ4n) is 3.39. The van der Waals surface area contributed by atoms with Gasteiger partial charge in [0.05, 0.1) is 7.11 Å². The molecule has 1 aromatic rings. The first-order valence-corrected chi connectivity index (χ1v) is 7.84. The van der Waals surface area contributed by atoms with E-state index in [9.17, 15) is 0 Å². The summed E-state index contributed by atoms with van der Waals surface area (Å²) in [7, 11) is 3.83. The fraction of sp³-hybridized carbons (Fsp3) is 0.647. The zero-order valence-corrected chi connectivity index (χ0v) is 13.3. The second-order valence-electron chi connectivity index (χ2n) is 6.60. The maximum Gasteiger partial charge on any atom is 0.161 e. The van der Waals surface area contributed by atoms with Crippen LogP contribution in [-0.4, -0.2) is 44.3 Å². The maximum atomic E-state index is 6.20. The van der Waals surface area contributed by atoms with Crippen LogP contribution >= 0.6 is 0 Å². The lowest BCUT2D eigenvalue weighted by molar-refractivity contribution is 0.199. The van der Waals surface area contributed by atoms with Gasteiger partial charge in [0.2, 0.25) is 0 Å². The monoisotopic (exact) mass is 290 g/mol. The molecule has 2 unspecified atom stereocenters. The van der Waals surface area contributed by atoms with Gasteiger partial charge in [-0.25, -0.2) is 0 Å². The van der Waals surface area contributed by atoms with Gasteiger partial charge in [-0.1, -0.05) is 6.07 Å². The summed E-state index contributed by atoms with van der Waals surface area (Å²) in [5.41, 5.74) is 7.63. The third-order valence-electron chi connectivity index (χ3n) is 5.04. The summed E-state index contributed by atoms with van der Waals surface area (Å²) in [5.74, 6) is 1.68. The standard InChI is InChI=1S/C17H26N2O2/c1-12(18)17(7-8-17)13-4-5-15(20-3)16(10-13)21-14-6-9-19(2)11-14/h4-5,10,12,14H,6-9,11,18H2,1-3H3. The van der Waals surface area contributed by atoms with E-state index >= 15 is 0 Å². The van der Waals surface area contributed by atoms with Gasteiger partial charge in [-0.3, -0.25) is 0 Å². The highest BCUT2D eigenvalue weighted by Gasteiger charge is 2.47. The molecule has 2 N–H and O–H groups in total. The van der Waals surface area contributed by atoms with Gasteiger partial charge in [-0.05, 0) is 50.9 Å². The Bertz CT molecular complexity index is 512. The van der Waals surface area contributed by atoms with Crippen molar-refractivity contribution in [3.63, 3.8) is 0 Å². The van der Waals surface area contributed by atoms with Crippen LogP contribution in [0.4, 0.5) is 0 Å². The Morgan fingerprint density at radius 3 is 2.62 bits per heavy atom. The molecule has 0 bridgehead atoms. The highest BCUT2D eigenvalue weighted by molar-refractivity contribution is 5.47. The molecule has 0 aromatic heterocycles. The maximum absolute atomic E-state index is 6.20. The van der Waals surface area contributed by atoms with E-state index in [1.807, 2.05) is 6.07 Å². The molecule has 4 nitrogen and oxygen atoms in total. The molecular weight excluding hydrogens is 264 g/mol. The van der Waals surface area contributed by atoms with Crippen LogP contribution in [0.2, 0.25) is 0 Å². The molecule has 0 amide bonds. The van der Waals surface area contributed by atoms with Crippen molar-refractivity contribution in [2.24, 2.45) is 5.73 Å². The minimum absolute atomic E-state index is 0.150. The first-order valence-electron chi connectivity index (χ1n) is 7.84. The minimum atomic E-state index is 0.150. The van der Waals surface area contributed by atoms with Gasteiger partial charge in [0.25, 0.3) is 0 Å². The quantitative estimate of drug-likeness (QED) is 0.903. The van der Waals surface area contributed by atoms with Crippen LogP contribution in [-0.2, 0) is 5.41 Å². The Balaban J connectivity index is 1.84. The molecule has 2 aliphatic rings. The summed E-state index contributed by atoms with van der Waals surface area (Å²) in [6.45, 7) is 4.17. The molecule has 2 atom stereocenters. The Morgan fingerprint density at radius 1 is 1.33 bits per heavy atom. The molecule has 21 heavy (non-hydrogen) atoms. The number of benzene rings is 1. The minimum Gasteiger partial charge on any atom is -0.493 e. The summed E-state index contributed by atoms with van der Waals surface area (Å²) in [6, 6.07) is 6.48. The lowest BCUT2D eigenvalue weighted by atomic mass is 9.89. The van der Waals surface area contributed by atoms with E-state index in [4.69, 9.17) is 15.2 Å². The number of likely N-dealkylation sites (N-methyl/N-ethyl adjacent to an activating group) is 1. The van der Waals surface area contributed by atoms with Crippen LogP contribution in [0, 0.1) is 0 Å².